The lowest BCUT2D eigenvalue weighted by molar-refractivity contribution is -0.128. The van der Waals surface area contributed by atoms with Gasteiger partial charge in [0, 0.05) is 18.0 Å². The van der Waals surface area contributed by atoms with Gasteiger partial charge in [-0.25, -0.2) is 0 Å². The van der Waals surface area contributed by atoms with E-state index in [-0.39, 0.29) is 30.3 Å². The number of rotatable bonds is 5. The molecule has 2 aliphatic rings. The first kappa shape index (κ1) is 20.1. The predicted octanol–water partition coefficient (Wildman–Crippen LogP) is 3.32. The SMILES string of the molecule is COc1cccc(CC(C)NC(=O)C2CC3CCCC(C2)C3N)c1.Cl. The molecule has 0 aliphatic heterocycles. The number of ether oxygens (including phenoxy) is 1. The van der Waals surface area contributed by atoms with Gasteiger partial charge in [0.15, 0.2) is 0 Å². The number of hydrogen-bond donors (Lipinski definition) is 2. The Balaban J connectivity index is 0.00000225. The van der Waals surface area contributed by atoms with Gasteiger partial charge in [0.05, 0.1) is 7.11 Å². The van der Waals surface area contributed by atoms with Crippen LogP contribution in [0, 0.1) is 17.8 Å². The van der Waals surface area contributed by atoms with Crippen LogP contribution in [0.25, 0.3) is 0 Å². The number of nitrogens with two attached hydrogens (primary N) is 1. The average molecular weight is 367 g/mol. The van der Waals surface area contributed by atoms with Crippen molar-refractivity contribution in [1.29, 1.82) is 0 Å². The normalized spacial score (nSPS) is 29.2. The maximum atomic E-state index is 12.7. The highest BCUT2D eigenvalue weighted by atomic mass is 35.5. The van der Waals surface area contributed by atoms with Crippen molar-refractivity contribution in [2.24, 2.45) is 23.5 Å². The van der Waals surface area contributed by atoms with E-state index in [1.807, 2.05) is 18.2 Å². The number of methoxy groups -OCH3 is 1. The van der Waals surface area contributed by atoms with Crippen LogP contribution in [0.2, 0.25) is 0 Å². The Bertz CT molecular complexity index is 567. The summed E-state index contributed by atoms with van der Waals surface area (Å²) >= 11 is 0. The summed E-state index contributed by atoms with van der Waals surface area (Å²) in [5.41, 5.74) is 7.52. The molecule has 3 N–H and O–H groups in total. The summed E-state index contributed by atoms with van der Waals surface area (Å²) in [6.45, 7) is 2.08. The van der Waals surface area contributed by atoms with Gasteiger partial charge in [-0.05, 0) is 68.6 Å². The molecule has 4 nitrogen and oxygen atoms in total. The zero-order chi connectivity index (χ0) is 17.1. The van der Waals surface area contributed by atoms with Crippen LogP contribution < -0.4 is 15.8 Å². The van der Waals surface area contributed by atoms with E-state index < -0.39 is 0 Å². The van der Waals surface area contributed by atoms with Crippen molar-refractivity contribution >= 4 is 18.3 Å². The summed E-state index contributed by atoms with van der Waals surface area (Å²) in [5, 5.41) is 3.22. The lowest BCUT2D eigenvalue weighted by atomic mass is 9.65. The molecule has 0 saturated heterocycles. The fourth-order valence-corrected chi connectivity index (χ4v) is 4.57. The number of fused-ring (bicyclic) bond motifs is 2. The van der Waals surface area contributed by atoms with Crippen molar-refractivity contribution in [3.8, 4) is 5.75 Å². The van der Waals surface area contributed by atoms with Crippen LogP contribution in [0.4, 0.5) is 0 Å². The molecular formula is C20H31ClN2O2. The molecule has 25 heavy (non-hydrogen) atoms. The number of amides is 1. The zero-order valence-electron chi connectivity index (χ0n) is 15.2. The Morgan fingerprint density at radius 3 is 2.64 bits per heavy atom. The molecule has 1 aromatic rings. The van der Waals surface area contributed by atoms with Gasteiger partial charge >= 0.3 is 0 Å². The number of halogens is 1. The number of hydrogen-bond acceptors (Lipinski definition) is 3. The summed E-state index contributed by atoms with van der Waals surface area (Å²) in [6, 6.07) is 8.49. The topological polar surface area (TPSA) is 64.3 Å². The van der Waals surface area contributed by atoms with E-state index >= 15 is 0 Å². The molecule has 0 aromatic heterocycles. The molecule has 3 atom stereocenters. The van der Waals surface area contributed by atoms with Crippen LogP contribution >= 0.6 is 12.4 Å². The lowest BCUT2D eigenvalue weighted by Gasteiger charge is -2.43. The number of carbonyl (C=O) groups is 1. The molecule has 2 bridgehead atoms. The minimum Gasteiger partial charge on any atom is -0.497 e. The smallest absolute Gasteiger partial charge is 0.223 e. The molecule has 0 radical (unpaired) electrons. The number of carbonyl (C=O) groups excluding carboxylic acids is 1. The Hall–Kier alpha value is -1.26. The second-order valence-electron chi connectivity index (χ2n) is 7.66. The monoisotopic (exact) mass is 366 g/mol. The summed E-state index contributed by atoms with van der Waals surface area (Å²) < 4.78 is 5.27. The fraction of sp³-hybridized carbons (Fsp3) is 0.650. The molecule has 0 heterocycles. The minimum atomic E-state index is 0. The van der Waals surface area contributed by atoms with Gasteiger partial charge in [-0.3, -0.25) is 4.79 Å². The van der Waals surface area contributed by atoms with Crippen molar-refractivity contribution in [3.63, 3.8) is 0 Å². The summed E-state index contributed by atoms with van der Waals surface area (Å²) in [5.74, 6) is 2.31. The van der Waals surface area contributed by atoms with Crippen molar-refractivity contribution in [2.75, 3.05) is 7.11 Å². The first-order valence-electron chi connectivity index (χ1n) is 9.25. The zero-order valence-corrected chi connectivity index (χ0v) is 16.1. The van der Waals surface area contributed by atoms with Gasteiger partial charge in [-0.2, -0.15) is 0 Å². The quantitative estimate of drug-likeness (QED) is 0.840. The van der Waals surface area contributed by atoms with Crippen LogP contribution in [0.1, 0.15) is 44.6 Å². The van der Waals surface area contributed by atoms with E-state index in [0.29, 0.717) is 17.9 Å². The van der Waals surface area contributed by atoms with E-state index in [0.717, 1.165) is 25.0 Å². The Morgan fingerprint density at radius 2 is 2.00 bits per heavy atom. The fourth-order valence-electron chi connectivity index (χ4n) is 4.57. The van der Waals surface area contributed by atoms with Crippen molar-refractivity contribution in [3.05, 3.63) is 29.8 Å². The van der Waals surface area contributed by atoms with Crippen molar-refractivity contribution in [1.82, 2.24) is 5.32 Å². The predicted molar refractivity (Wildman–Crippen MR) is 103 cm³/mol. The van der Waals surface area contributed by atoms with Crippen LogP contribution in [-0.2, 0) is 11.2 Å². The molecule has 3 rings (SSSR count). The van der Waals surface area contributed by atoms with E-state index in [9.17, 15) is 4.79 Å². The summed E-state index contributed by atoms with van der Waals surface area (Å²) in [4.78, 5) is 12.7. The molecule has 2 fully saturated rings. The van der Waals surface area contributed by atoms with Gasteiger partial charge in [-0.15, -0.1) is 12.4 Å². The summed E-state index contributed by atoms with van der Waals surface area (Å²) in [7, 11) is 1.68. The maximum Gasteiger partial charge on any atom is 0.223 e. The van der Waals surface area contributed by atoms with E-state index in [4.69, 9.17) is 10.5 Å². The number of nitrogens with one attached hydrogen (secondary N) is 1. The van der Waals surface area contributed by atoms with Gasteiger partial charge in [0.2, 0.25) is 5.91 Å². The van der Waals surface area contributed by atoms with Gasteiger partial charge in [0.25, 0.3) is 0 Å². The highest BCUT2D eigenvalue weighted by molar-refractivity contribution is 5.85. The summed E-state index contributed by atoms with van der Waals surface area (Å²) in [6.07, 6.45) is 6.43. The molecule has 140 valence electrons. The van der Waals surface area contributed by atoms with Crippen LogP contribution in [-0.4, -0.2) is 25.1 Å². The van der Waals surface area contributed by atoms with Gasteiger partial charge < -0.3 is 15.8 Å². The van der Waals surface area contributed by atoms with E-state index in [1.54, 1.807) is 7.11 Å². The van der Waals surface area contributed by atoms with Crippen LogP contribution in [0.5, 0.6) is 5.75 Å². The third kappa shape index (κ3) is 4.89. The largest absolute Gasteiger partial charge is 0.497 e. The minimum absolute atomic E-state index is 0. The van der Waals surface area contributed by atoms with Gasteiger partial charge in [0.1, 0.15) is 5.75 Å². The van der Waals surface area contributed by atoms with Crippen molar-refractivity contribution in [2.45, 2.75) is 57.5 Å². The molecule has 3 unspecified atom stereocenters. The highest BCUT2D eigenvalue weighted by Crippen LogP contribution is 2.41. The Labute approximate surface area is 157 Å². The molecule has 2 saturated carbocycles. The van der Waals surface area contributed by atoms with Gasteiger partial charge in [-0.1, -0.05) is 18.6 Å². The maximum absolute atomic E-state index is 12.7. The van der Waals surface area contributed by atoms with Crippen LogP contribution in [0.15, 0.2) is 24.3 Å². The lowest BCUT2D eigenvalue weighted by Crippen LogP contribution is -2.50. The van der Waals surface area contributed by atoms with Crippen LogP contribution in [0.3, 0.4) is 0 Å². The van der Waals surface area contributed by atoms with Crippen molar-refractivity contribution < 1.29 is 9.53 Å². The third-order valence-electron chi connectivity index (χ3n) is 5.85. The first-order chi connectivity index (χ1) is 11.6. The standard InChI is InChI=1S/C20H30N2O2.ClH/c1-13(9-14-5-3-8-18(10-14)24-2)22-20(23)17-11-15-6-4-7-16(12-17)19(15)21;/h3,5,8,10,13,15-17,19H,4,6-7,9,11-12,21H2,1-2H3,(H,22,23);1H. The average Bonchev–Trinajstić information content (AvgIpc) is 2.54. The molecule has 5 heteroatoms. The third-order valence-corrected chi connectivity index (χ3v) is 5.85. The first-order valence-corrected chi connectivity index (χ1v) is 9.25. The second-order valence-corrected chi connectivity index (χ2v) is 7.66. The highest BCUT2D eigenvalue weighted by Gasteiger charge is 2.40. The Morgan fingerprint density at radius 1 is 1.32 bits per heavy atom. The Kier molecular flexibility index (Phi) is 7.14. The molecule has 0 spiro atoms. The molecule has 1 aromatic carbocycles. The second kappa shape index (κ2) is 8.91. The molecular weight excluding hydrogens is 336 g/mol. The number of benzene rings is 1. The van der Waals surface area contributed by atoms with E-state index in [2.05, 4.69) is 18.3 Å². The van der Waals surface area contributed by atoms with E-state index in [1.165, 1.54) is 24.8 Å². The molecule has 2 aliphatic carbocycles. The molecule has 1 amide bonds.